The largest absolute Gasteiger partial charge is 0.481 e. The lowest BCUT2D eigenvalue weighted by Gasteiger charge is -2.22. The molecular formula is C14H16FNO2. The van der Waals surface area contributed by atoms with E-state index in [2.05, 4.69) is 4.90 Å². The van der Waals surface area contributed by atoms with Crippen molar-refractivity contribution in [1.82, 2.24) is 4.90 Å². The summed E-state index contributed by atoms with van der Waals surface area (Å²) in [4.78, 5) is 13.4. The molecule has 2 bridgehead atoms. The second-order valence-electron chi connectivity index (χ2n) is 5.28. The fraction of sp³-hybridized carbons (Fsp3) is 0.500. The van der Waals surface area contributed by atoms with Crippen LogP contribution >= 0.6 is 0 Å². The van der Waals surface area contributed by atoms with E-state index in [0.717, 1.165) is 24.8 Å². The van der Waals surface area contributed by atoms with Crippen LogP contribution in [0.15, 0.2) is 24.3 Å². The molecule has 1 N–H and O–H groups in total. The predicted molar refractivity (Wildman–Crippen MR) is 64.5 cm³/mol. The molecule has 1 aromatic rings. The van der Waals surface area contributed by atoms with Crippen LogP contribution in [0, 0.1) is 11.7 Å². The normalized spacial score (nSPS) is 30.8. The molecule has 96 valence electrons. The van der Waals surface area contributed by atoms with Gasteiger partial charge in [-0.05, 0) is 37.0 Å². The minimum absolute atomic E-state index is 0.135. The SMILES string of the molecule is O=C(O)C1CC2CCC1N2Cc1cccc(F)c1. The first-order valence-corrected chi connectivity index (χ1v) is 6.38. The molecule has 2 aliphatic rings. The molecule has 0 amide bonds. The van der Waals surface area contributed by atoms with Crippen molar-refractivity contribution in [3.63, 3.8) is 0 Å². The van der Waals surface area contributed by atoms with E-state index in [1.165, 1.54) is 12.1 Å². The molecule has 1 aromatic carbocycles. The van der Waals surface area contributed by atoms with Crippen molar-refractivity contribution < 1.29 is 14.3 Å². The third-order valence-corrected chi connectivity index (χ3v) is 4.25. The summed E-state index contributed by atoms with van der Waals surface area (Å²) >= 11 is 0. The molecule has 2 fully saturated rings. The molecular weight excluding hydrogens is 233 g/mol. The lowest BCUT2D eigenvalue weighted by Crippen LogP contribution is -2.32. The number of rotatable bonds is 3. The molecule has 0 aliphatic carbocycles. The van der Waals surface area contributed by atoms with Gasteiger partial charge in [0.1, 0.15) is 5.82 Å². The van der Waals surface area contributed by atoms with Crippen LogP contribution in [0.2, 0.25) is 0 Å². The van der Waals surface area contributed by atoms with Crippen LogP contribution in [0.1, 0.15) is 24.8 Å². The molecule has 0 radical (unpaired) electrons. The monoisotopic (exact) mass is 249 g/mol. The summed E-state index contributed by atoms with van der Waals surface area (Å²) < 4.78 is 13.1. The average Bonchev–Trinajstić information content (AvgIpc) is 2.86. The summed E-state index contributed by atoms with van der Waals surface area (Å²) in [6.07, 6.45) is 2.77. The number of hydrogen-bond donors (Lipinski definition) is 1. The third kappa shape index (κ3) is 1.90. The fourth-order valence-corrected chi connectivity index (χ4v) is 3.46. The zero-order valence-electron chi connectivity index (χ0n) is 10.1. The lowest BCUT2D eigenvalue weighted by atomic mass is 9.89. The van der Waals surface area contributed by atoms with Crippen molar-refractivity contribution in [2.75, 3.05) is 0 Å². The highest BCUT2D eigenvalue weighted by atomic mass is 19.1. The van der Waals surface area contributed by atoms with E-state index in [1.807, 2.05) is 6.07 Å². The molecule has 0 aromatic heterocycles. The Labute approximate surface area is 105 Å². The van der Waals surface area contributed by atoms with Crippen LogP contribution in [-0.2, 0) is 11.3 Å². The summed E-state index contributed by atoms with van der Waals surface area (Å²) in [6, 6.07) is 7.07. The van der Waals surface area contributed by atoms with Crippen molar-refractivity contribution in [1.29, 1.82) is 0 Å². The highest BCUT2D eigenvalue weighted by Crippen LogP contribution is 2.42. The second-order valence-corrected chi connectivity index (χ2v) is 5.28. The van der Waals surface area contributed by atoms with Crippen molar-refractivity contribution in [3.05, 3.63) is 35.6 Å². The molecule has 0 saturated carbocycles. The van der Waals surface area contributed by atoms with Crippen molar-refractivity contribution in [3.8, 4) is 0 Å². The Morgan fingerprint density at radius 3 is 2.94 bits per heavy atom. The first kappa shape index (κ1) is 11.7. The zero-order chi connectivity index (χ0) is 12.7. The number of fused-ring (bicyclic) bond motifs is 2. The maximum atomic E-state index is 13.1. The number of carboxylic acid groups (broad SMARTS) is 1. The summed E-state index contributed by atoms with van der Waals surface area (Å²) in [5.41, 5.74) is 0.929. The first-order valence-electron chi connectivity index (χ1n) is 6.38. The van der Waals surface area contributed by atoms with E-state index in [1.54, 1.807) is 6.07 Å². The summed E-state index contributed by atoms with van der Waals surface area (Å²) in [5.74, 6) is -1.16. The number of aliphatic carboxylic acids is 1. The van der Waals surface area contributed by atoms with Gasteiger partial charge >= 0.3 is 5.97 Å². The molecule has 2 aliphatic heterocycles. The van der Waals surface area contributed by atoms with Crippen LogP contribution in [0.3, 0.4) is 0 Å². The molecule has 2 saturated heterocycles. The average molecular weight is 249 g/mol. The van der Waals surface area contributed by atoms with Gasteiger partial charge in [0.2, 0.25) is 0 Å². The van der Waals surface area contributed by atoms with Crippen LogP contribution in [0.4, 0.5) is 4.39 Å². The van der Waals surface area contributed by atoms with Gasteiger partial charge in [-0.15, -0.1) is 0 Å². The maximum absolute atomic E-state index is 13.1. The van der Waals surface area contributed by atoms with Gasteiger partial charge in [-0.3, -0.25) is 9.69 Å². The molecule has 3 nitrogen and oxygen atoms in total. The number of benzene rings is 1. The van der Waals surface area contributed by atoms with Crippen LogP contribution in [0.25, 0.3) is 0 Å². The van der Waals surface area contributed by atoms with E-state index >= 15 is 0 Å². The minimum atomic E-state index is -0.688. The minimum Gasteiger partial charge on any atom is -0.481 e. The topological polar surface area (TPSA) is 40.5 Å². The number of carbonyl (C=O) groups is 1. The van der Waals surface area contributed by atoms with E-state index < -0.39 is 5.97 Å². The number of halogens is 1. The highest BCUT2D eigenvalue weighted by Gasteiger charge is 2.48. The van der Waals surface area contributed by atoms with Crippen molar-refractivity contribution in [2.24, 2.45) is 5.92 Å². The molecule has 0 spiro atoms. The molecule has 3 atom stereocenters. The first-order chi connectivity index (χ1) is 8.65. The van der Waals surface area contributed by atoms with Gasteiger partial charge in [0.25, 0.3) is 0 Å². The quantitative estimate of drug-likeness (QED) is 0.893. The van der Waals surface area contributed by atoms with E-state index in [-0.39, 0.29) is 17.8 Å². The van der Waals surface area contributed by atoms with E-state index in [9.17, 15) is 14.3 Å². The zero-order valence-corrected chi connectivity index (χ0v) is 10.1. The number of nitrogens with zero attached hydrogens (tertiary/aromatic N) is 1. The van der Waals surface area contributed by atoms with Crippen LogP contribution < -0.4 is 0 Å². The fourth-order valence-electron chi connectivity index (χ4n) is 3.46. The Bertz CT molecular complexity index is 477. The van der Waals surface area contributed by atoms with Gasteiger partial charge in [0.15, 0.2) is 0 Å². The number of carboxylic acids is 1. The maximum Gasteiger partial charge on any atom is 0.308 e. The Morgan fingerprint density at radius 2 is 2.28 bits per heavy atom. The van der Waals surface area contributed by atoms with Gasteiger partial charge in [-0.25, -0.2) is 4.39 Å². The van der Waals surface area contributed by atoms with E-state index in [4.69, 9.17) is 0 Å². The van der Waals surface area contributed by atoms with E-state index in [0.29, 0.717) is 12.6 Å². The molecule has 18 heavy (non-hydrogen) atoms. The Morgan fingerprint density at radius 1 is 1.44 bits per heavy atom. The molecule has 2 heterocycles. The molecule has 3 rings (SSSR count). The third-order valence-electron chi connectivity index (χ3n) is 4.25. The lowest BCUT2D eigenvalue weighted by molar-refractivity contribution is -0.142. The van der Waals surface area contributed by atoms with Crippen LogP contribution in [0.5, 0.6) is 0 Å². The summed E-state index contributed by atoms with van der Waals surface area (Å²) in [6.45, 7) is 0.664. The summed E-state index contributed by atoms with van der Waals surface area (Å²) in [7, 11) is 0. The second kappa shape index (κ2) is 4.35. The Hall–Kier alpha value is -1.42. The van der Waals surface area contributed by atoms with Gasteiger partial charge in [-0.1, -0.05) is 12.1 Å². The van der Waals surface area contributed by atoms with Crippen LogP contribution in [-0.4, -0.2) is 28.1 Å². The van der Waals surface area contributed by atoms with Crippen molar-refractivity contribution in [2.45, 2.75) is 37.9 Å². The highest BCUT2D eigenvalue weighted by molar-refractivity contribution is 5.71. The van der Waals surface area contributed by atoms with Gasteiger partial charge in [0, 0.05) is 18.6 Å². The van der Waals surface area contributed by atoms with Gasteiger partial charge < -0.3 is 5.11 Å². The Kier molecular flexibility index (Phi) is 2.82. The van der Waals surface area contributed by atoms with Crippen molar-refractivity contribution >= 4 is 5.97 Å². The summed E-state index contributed by atoms with van der Waals surface area (Å²) in [5, 5.41) is 9.18. The Balaban J connectivity index is 1.76. The van der Waals surface area contributed by atoms with Gasteiger partial charge in [-0.2, -0.15) is 0 Å². The van der Waals surface area contributed by atoms with Gasteiger partial charge in [0.05, 0.1) is 5.92 Å². The smallest absolute Gasteiger partial charge is 0.308 e. The number of hydrogen-bond acceptors (Lipinski definition) is 2. The molecule has 4 heteroatoms. The predicted octanol–water partition coefficient (Wildman–Crippen LogP) is 2.26. The molecule has 3 unspecified atom stereocenters. The standard InChI is InChI=1S/C14H16FNO2/c15-10-3-1-2-9(6-10)8-16-11-4-5-13(16)12(7-11)14(17)18/h1-3,6,11-13H,4-5,7-8H2,(H,17,18).